The zero-order valence-electron chi connectivity index (χ0n) is 12.4. The smallest absolute Gasteiger partial charge is 0.257 e. The maximum Gasteiger partial charge on any atom is 0.257 e. The lowest BCUT2D eigenvalue weighted by atomic mass is 10.1. The van der Waals surface area contributed by atoms with E-state index in [1.807, 2.05) is 22.7 Å². The molecular formula is C15H20N4O2. The van der Waals surface area contributed by atoms with Gasteiger partial charge in [0.05, 0.1) is 17.9 Å². The summed E-state index contributed by atoms with van der Waals surface area (Å²) in [6.07, 6.45) is 6.79. The van der Waals surface area contributed by atoms with E-state index in [1.165, 1.54) is 12.5 Å². The number of likely N-dealkylation sites (N-methyl/N-ethyl adjacent to an activating group) is 1. The average molecular weight is 288 g/mol. The van der Waals surface area contributed by atoms with Gasteiger partial charge in [-0.2, -0.15) is 0 Å². The van der Waals surface area contributed by atoms with Crippen molar-refractivity contribution in [3.05, 3.63) is 42.4 Å². The number of rotatable bonds is 3. The molecule has 21 heavy (non-hydrogen) atoms. The molecule has 1 saturated heterocycles. The predicted molar refractivity (Wildman–Crippen MR) is 77.8 cm³/mol. The summed E-state index contributed by atoms with van der Waals surface area (Å²) in [5.41, 5.74) is 0.610. The van der Waals surface area contributed by atoms with Crippen molar-refractivity contribution >= 4 is 5.91 Å². The summed E-state index contributed by atoms with van der Waals surface area (Å²) in [4.78, 5) is 21.2. The molecule has 3 rings (SSSR count). The van der Waals surface area contributed by atoms with Gasteiger partial charge >= 0.3 is 0 Å². The average Bonchev–Trinajstić information content (AvgIpc) is 3.17. The minimum atomic E-state index is 0.0266. The van der Waals surface area contributed by atoms with E-state index in [-0.39, 0.29) is 11.9 Å². The highest BCUT2D eigenvalue weighted by molar-refractivity contribution is 5.93. The molecule has 1 aliphatic heterocycles. The van der Waals surface area contributed by atoms with Crippen LogP contribution in [0.3, 0.4) is 0 Å². The molecule has 6 nitrogen and oxygen atoms in total. The fourth-order valence-electron chi connectivity index (χ4n) is 2.90. The number of aryl methyl sites for hydroxylation is 1. The first-order chi connectivity index (χ1) is 10.2. The minimum Gasteiger partial charge on any atom is -0.472 e. The molecule has 1 fully saturated rings. The van der Waals surface area contributed by atoms with Gasteiger partial charge in [0.15, 0.2) is 0 Å². The largest absolute Gasteiger partial charge is 0.472 e. The standard InChI is InChI=1S/C15H20N4O2/c1-3-18-7-8-19(15(20)12-4-9-21-11-12)10-13(18)14-16-5-6-17(14)2/h4-6,9,11,13H,3,7-8,10H2,1-2H3. The summed E-state index contributed by atoms with van der Waals surface area (Å²) in [5, 5.41) is 0. The van der Waals surface area contributed by atoms with Crippen molar-refractivity contribution in [3.8, 4) is 0 Å². The van der Waals surface area contributed by atoms with E-state index in [0.717, 1.165) is 25.5 Å². The molecule has 0 aliphatic carbocycles. The summed E-state index contributed by atoms with van der Waals surface area (Å²) < 4.78 is 7.04. The van der Waals surface area contributed by atoms with Crippen molar-refractivity contribution in [3.63, 3.8) is 0 Å². The van der Waals surface area contributed by atoms with Crippen LogP contribution in [-0.4, -0.2) is 51.4 Å². The van der Waals surface area contributed by atoms with Crippen LogP contribution < -0.4 is 0 Å². The van der Waals surface area contributed by atoms with E-state index in [0.29, 0.717) is 12.1 Å². The van der Waals surface area contributed by atoms with Gasteiger partial charge in [0, 0.05) is 39.1 Å². The monoisotopic (exact) mass is 288 g/mol. The van der Waals surface area contributed by atoms with Crippen LogP contribution in [0.5, 0.6) is 0 Å². The number of furan rings is 1. The Kier molecular flexibility index (Phi) is 3.79. The molecule has 3 heterocycles. The number of imidazole rings is 1. The Bertz CT molecular complexity index is 605. The number of amides is 1. The summed E-state index contributed by atoms with van der Waals surface area (Å²) in [7, 11) is 1.99. The van der Waals surface area contributed by atoms with Gasteiger partial charge in [0.1, 0.15) is 12.1 Å². The van der Waals surface area contributed by atoms with E-state index >= 15 is 0 Å². The molecule has 0 N–H and O–H groups in total. The highest BCUT2D eigenvalue weighted by Gasteiger charge is 2.32. The molecule has 0 spiro atoms. The van der Waals surface area contributed by atoms with Crippen LogP contribution in [-0.2, 0) is 7.05 Å². The fraction of sp³-hybridized carbons (Fsp3) is 0.467. The van der Waals surface area contributed by atoms with Crippen LogP contribution in [0.4, 0.5) is 0 Å². The maximum atomic E-state index is 12.5. The van der Waals surface area contributed by atoms with Crippen LogP contribution in [0.25, 0.3) is 0 Å². The van der Waals surface area contributed by atoms with Crippen LogP contribution in [0.1, 0.15) is 29.1 Å². The molecule has 2 aromatic heterocycles. The predicted octanol–water partition coefficient (Wildman–Crippen LogP) is 1.53. The number of aromatic nitrogens is 2. The zero-order valence-corrected chi connectivity index (χ0v) is 12.4. The molecule has 1 unspecified atom stereocenters. The van der Waals surface area contributed by atoms with Crippen molar-refractivity contribution < 1.29 is 9.21 Å². The quantitative estimate of drug-likeness (QED) is 0.859. The van der Waals surface area contributed by atoms with Crippen molar-refractivity contribution in [2.24, 2.45) is 7.05 Å². The first-order valence-corrected chi connectivity index (χ1v) is 7.23. The second-order valence-electron chi connectivity index (χ2n) is 5.30. The Morgan fingerprint density at radius 2 is 2.33 bits per heavy atom. The third kappa shape index (κ3) is 2.58. The third-order valence-corrected chi connectivity index (χ3v) is 4.11. The van der Waals surface area contributed by atoms with Crippen molar-refractivity contribution in [1.29, 1.82) is 0 Å². The van der Waals surface area contributed by atoms with Crippen molar-refractivity contribution in [2.75, 3.05) is 26.2 Å². The fourth-order valence-corrected chi connectivity index (χ4v) is 2.90. The highest BCUT2D eigenvalue weighted by atomic mass is 16.3. The van der Waals surface area contributed by atoms with Crippen molar-refractivity contribution in [2.45, 2.75) is 13.0 Å². The molecular weight excluding hydrogens is 268 g/mol. The molecule has 0 aromatic carbocycles. The van der Waals surface area contributed by atoms with Crippen LogP contribution in [0, 0.1) is 0 Å². The number of piperazine rings is 1. The van der Waals surface area contributed by atoms with Crippen LogP contribution in [0.2, 0.25) is 0 Å². The van der Waals surface area contributed by atoms with Gasteiger partial charge in [-0.25, -0.2) is 4.98 Å². The lowest BCUT2D eigenvalue weighted by Crippen LogP contribution is -2.50. The molecule has 0 saturated carbocycles. The topological polar surface area (TPSA) is 54.5 Å². The van der Waals surface area contributed by atoms with Gasteiger partial charge in [0.25, 0.3) is 5.91 Å². The Hall–Kier alpha value is -2.08. The Morgan fingerprint density at radius 3 is 2.95 bits per heavy atom. The van der Waals surface area contributed by atoms with E-state index in [1.54, 1.807) is 12.3 Å². The second-order valence-corrected chi connectivity index (χ2v) is 5.30. The lowest BCUT2D eigenvalue weighted by molar-refractivity contribution is 0.0472. The van der Waals surface area contributed by atoms with Gasteiger partial charge in [-0.05, 0) is 12.6 Å². The van der Waals surface area contributed by atoms with Crippen molar-refractivity contribution in [1.82, 2.24) is 19.4 Å². The summed E-state index contributed by atoms with van der Waals surface area (Å²) in [5.74, 6) is 1.03. The molecule has 0 bridgehead atoms. The van der Waals surface area contributed by atoms with Gasteiger partial charge in [-0.3, -0.25) is 9.69 Å². The maximum absolute atomic E-state index is 12.5. The first kappa shape index (κ1) is 13.9. The number of hydrogen-bond donors (Lipinski definition) is 0. The molecule has 1 atom stereocenters. The molecule has 112 valence electrons. The molecule has 0 radical (unpaired) electrons. The molecule has 2 aromatic rings. The Morgan fingerprint density at radius 1 is 1.48 bits per heavy atom. The minimum absolute atomic E-state index is 0.0266. The molecule has 1 amide bonds. The van der Waals surface area contributed by atoms with Gasteiger partial charge in [-0.1, -0.05) is 6.92 Å². The lowest BCUT2D eigenvalue weighted by Gasteiger charge is -2.40. The number of hydrogen-bond acceptors (Lipinski definition) is 4. The highest BCUT2D eigenvalue weighted by Crippen LogP contribution is 2.24. The summed E-state index contributed by atoms with van der Waals surface area (Å²) in [6, 6.07) is 1.85. The number of nitrogens with zero attached hydrogens (tertiary/aromatic N) is 4. The Balaban J connectivity index is 1.81. The van der Waals surface area contributed by atoms with Crippen LogP contribution in [0.15, 0.2) is 35.4 Å². The number of carbonyl (C=O) groups is 1. The van der Waals surface area contributed by atoms with E-state index < -0.39 is 0 Å². The van der Waals surface area contributed by atoms with E-state index in [4.69, 9.17) is 4.42 Å². The summed E-state index contributed by atoms with van der Waals surface area (Å²) in [6.45, 7) is 5.34. The SMILES string of the molecule is CCN1CCN(C(=O)c2ccoc2)CC1c1nccn1C. The molecule has 1 aliphatic rings. The first-order valence-electron chi connectivity index (χ1n) is 7.23. The molecule has 6 heteroatoms. The van der Waals surface area contributed by atoms with Crippen LogP contribution >= 0.6 is 0 Å². The second kappa shape index (κ2) is 5.73. The zero-order chi connectivity index (χ0) is 14.8. The van der Waals surface area contributed by atoms with Gasteiger partial charge in [-0.15, -0.1) is 0 Å². The normalized spacial score (nSPS) is 19.9. The Labute approximate surface area is 124 Å². The van der Waals surface area contributed by atoms with E-state index in [2.05, 4.69) is 16.8 Å². The van der Waals surface area contributed by atoms with Gasteiger partial charge < -0.3 is 13.9 Å². The van der Waals surface area contributed by atoms with Gasteiger partial charge in [0.2, 0.25) is 0 Å². The summed E-state index contributed by atoms with van der Waals surface area (Å²) >= 11 is 0. The van der Waals surface area contributed by atoms with E-state index in [9.17, 15) is 4.79 Å². The third-order valence-electron chi connectivity index (χ3n) is 4.11. The number of carbonyl (C=O) groups excluding carboxylic acids is 1.